The standard InChI is InChI=1S/C16H27NO2/c1-15(2,3)11-16(4,5)17-10-12-7-8-13(19-6)9-14(12)18/h7-9,17-18H,10-11H2,1-6H3. The number of rotatable bonds is 5. The highest BCUT2D eigenvalue weighted by Crippen LogP contribution is 2.28. The molecule has 0 aliphatic rings. The molecule has 3 heteroatoms. The van der Waals surface area contributed by atoms with E-state index in [9.17, 15) is 5.11 Å². The Morgan fingerprint density at radius 2 is 1.79 bits per heavy atom. The van der Waals surface area contributed by atoms with Crippen molar-refractivity contribution >= 4 is 0 Å². The van der Waals surface area contributed by atoms with Crippen LogP contribution in [0.5, 0.6) is 11.5 Å². The Hall–Kier alpha value is -1.22. The first-order chi connectivity index (χ1) is 8.63. The van der Waals surface area contributed by atoms with E-state index in [0.29, 0.717) is 12.3 Å². The molecule has 0 saturated heterocycles. The maximum Gasteiger partial charge on any atom is 0.123 e. The molecule has 2 N–H and O–H groups in total. The van der Waals surface area contributed by atoms with E-state index in [1.165, 1.54) is 0 Å². The van der Waals surface area contributed by atoms with Crippen molar-refractivity contribution < 1.29 is 9.84 Å². The van der Waals surface area contributed by atoms with Crippen molar-refractivity contribution in [3.05, 3.63) is 23.8 Å². The summed E-state index contributed by atoms with van der Waals surface area (Å²) in [5.41, 5.74) is 1.20. The Balaban J connectivity index is 2.66. The van der Waals surface area contributed by atoms with Gasteiger partial charge in [-0.3, -0.25) is 0 Å². The molecule has 1 rings (SSSR count). The number of methoxy groups -OCH3 is 1. The van der Waals surface area contributed by atoms with Crippen LogP contribution in [-0.2, 0) is 6.54 Å². The zero-order chi connectivity index (χ0) is 14.7. The minimum atomic E-state index is 0.0324. The van der Waals surface area contributed by atoms with E-state index >= 15 is 0 Å². The molecule has 0 fully saturated rings. The van der Waals surface area contributed by atoms with Crippen LogP contribution in [-0.4, -0.2) is 17.8 Å². The summed E-state index contributed by atoms with van der Waals surface area (Å²) in [6.07, 6.45) is 1.07. The van der Waals surface area contributed by atoms with Gasteiger partial charge >= 0.3 is 0 Å². The lowest BCUT2D eigenvalue weighted by atomic mass is 9.82. The van der Waals surface area contributed by atoms with Gasteiger partial charge in [0.25, 0.3) is 0 Å². The third kappa shape index (κ3) is 5.52. The summed E-state index contributed by atoms with van der Waals surface area (Å²) >= 11 is 0. The summed E-state index contributed by atoms with van der Waals surface area (Å²) in [4.78, 5) is 0. The second kappa shape index (κ2) is 5.83. The zero-order valence-corrected chi connectivity index (χ0v) is 13.0. The molecule has 0 heterocycles. The molecular formula is C16H27NO2. The van der Waals surface area contributed by atoms with E-state index in [1.807, 2.05) is 12.1 Å². The summed E-state index contributed by atoms with van der Waals surface area (Å²) in [5, 5.41) is 13.4. The monoisotopic (exact) mass is 265 g/mol. The second-order valence-electron chi connectivity index (χ2n) is 6.97. The number of ether oxygens (including phenoxy) is 1. The Morgan fingerprint density at radius 1 is 1.16 bits per heavy atom. The van der Waals surface area contributed by atoms with Crippen molar-refractivity contribution in [1.82, 2.24) is 5.32 Å². The van der Waals surface area contributed by atoms with E-state index < -0.39 is 0 Å². The van der Waals surface area contributed by atoms with Crippen LogP contribution < -0.4 is 10.1 Å². The molecule has 3 nitrogen and oxygen atoms in total. The summed E-state index contributed by atoms with van der Waals surface area (Å²) in [5.74, 6) is 0.952. The number of phenolic OH excluding ortho intramolecular Hbond substituents is 1. The van der Waals surface area contributed by atoms with E-state index in [2.05, 4.69) is 39.9 Å². The maximum atomic E-state index is 9.93. The number of hydrogen-bond donors (Lipinski definition) is 2. The van der Waals surface area contributed by atoms with Crippen molar-refractivity contribution in [2.75, 3.05) is 7.11 Å². The number of aromatic hydroxyl groups is 1. The fourth-order valence-corrected chi connectivity index (χ4v) is 2.54. The van der Waals surface area contributed by atoms with Gasteiger partial charge in [-0.25, -0.2) is 0 Å². The topological polar surface area (TPSA) is 41.5 Å². The average molecular weight is 265 g/mol. The van der Waals surface area contributed by atoms with Crippen LogP contribution in [0, 0.1) is 5.41 Å². The molecule has 19 heavy (non-hydrogen) atoms. The summed E-state index contributed by atoms with van der Waals surface area (Å²) in [7, 11) is 1.60. The summed E-state index contributed by atoms with van der Waals surface area (Å²) in [6.45, 7) is 11.8. The quantitative estimate of drug-likeness (QED) is 0.853. The van der Waals surface area contributed by atoms with Crippen LogP contribution in [0.15, 0.2) is 18.2 Å². The van der Waals surface area contributed by atoms with Crippen molar-refractivity contribution in [2.45, 2.75) is 53.1 Å². The minimum absolute atomic E-state index is 0.0324. The Morgan fingerprint density at radius 3 is 2.26 bits per heavy atom. The van der Waals surface area contributed by atoms with E-state index in [-0.39, 0.29) is 16.7 Å². The molecule has 0 atom stereocenters. The normalized spacial score (nSPS) is 12.5. The second-order valence-corrected chi connectivity index (χ2v) is 6.97. The lowest BCUT2D eigenvalue weighted by Gasteiger charge is -2.33. The van der Waals surface area contributed by atoms with Crippen LogP contribution in [0.25, 0.3) is 0 Å². The molecule has 0 aromatic heterocycles. The van der Waals surface area contributed by atoms with Crippen LogP contribution in [0.2, 0.25) is 0 Å². The van der Waals surface area contributed by atoms with Gasteiger partial charge in [-0.15, -0.1) is 0 Å². The molecule has 0 aliphatic heterocycles. The third-order valence-corrected chi connectivity index (χ3v) is 3.02. The Bertz CT molecular complexity index is 419. The van der Waals surface area contributed by atoms with Gasteiger partial charge in [-0.1, -0.05) is 26.8 Å². The van der Waals surface area contributed by atoms with Crippen LogP contribution >= 0.6 is 0 Å². The molecule has 0 saturated carbocycles. The first kappa shape index (κ1) is 15.8. The fraction of sp³-hybridized carbons (Fsp3) is 0.625. The lowest BCUT2D eigenvalue weighted by molar-refractivity contribution is 0.240. The molecule has 108 valence electrons. The molecule has 0 unspecified atom stereocenters. The Kier molecular flexibility index (Phi) is 4.86. The molecule has 0 bridgehead atoms. The van der Waals surface area contributed by atoms with Crippen molar-refractivity contribution in [3.63, 3.8) is 0 Å². The SMILES string of the molecule is COc1ccc(CNC(C)(C)CC(C)(C)C)c(O)c1. The van der Waals surface area contributed by atoms with Gasteiger partial charge < -0.3 is 15.2 Å². The molecule has 0 amide bonds. The minimum Gasteiger partial charge on any atom is -0.507 e. The predicted molar refractivity (Wildman–Crippen MR) is 79.6 cm³/mol. The molecule has 0 aliphatic carbocycles. The van der Waals surface area contributed by atoms with Gasteiger partial charge in [-0.05, 0) is 31.7 Å². The zero-order valence-electron chi connectivity index (χ0n) is 13.0. The molecule has 1 aromatic rings. The largest absolute Gasteiger partial charge is 0.507 e. The fourth-order valence-electron chi connectivity index (χ4n) is 2.54. The van der Waals surface area contributed by atoms with E-state index in [1.54, 1.807) is 13.2 Å². The van der Waals surface area contributed by atoms with Gasteiger partial charge in [0.1, 0.15) is 11.5 Å². The third-order valence-electron chi connectivity index (χ3n) is 3.02. The first-order valence-corrected chi connectivity index (χ1v) is 6.74. The average Bonchev–Trinajstić information content (AvgIpc) is 2.24. The molecule has 0 radical (unpaired) electrons. The van der Waals surface area contributed by atoms with E-state index in [0.717, 1.165) is 12.0 Å². The van der Waals surface area contributed by atoms with Gasteiger partial charge in [0.2, 0.25) is 0 Å². The number of nitrogens with one attached hydrogen (secondary N) is 1. The number of phenols is 1. The van der Waals surface area contributed by atoms with Gasteiger partial charge in [0.05, 0.1) is 7.11 Å². The van der Waals surface area contributed by atoms with Crippen LogP contribution in [0.4, 0.5) is 0 Å². The Labute approximate surface area is 117 Å². The number of hydrogen-bond acceptors (Lipinski definition) is 3. The van der Waals surface area contributed by atoms with Gasteiger partial charge in [0.15, 0.2) is 0 Å². The van der Waals surface area contributed by atoms with Crippen LogP contribution in [0.1, 0.15) is 46.6 Å². The summed E-state index contributed by atoms with van der Waals surface area (Å²) in [6, 6.07) is 5.41. The van der Waals surface area contributed by atoms with Crippen molar-refractivity contribution in [3.8, 4) is 11.5 Å². The van der Waals surface area contributed by atoms with Crippen LogP contribution in [0.3, 0.4) is 0 Å². The van der Waals surface area contributed by atoms with Crippen molar-refractivity contribution in [2.24, 2.45) is 5.41 Å². The number of benzene rings is 1. The maximum absolute atomic E-state index is 9.93. The first-order valence-electron chi connectivity index (χ1n) is 6.74. The highest BCUT2D eigenvalue weighted by molar-refractivity contribution is 5.39. The smallest absolute Gasteiger partial charge is 0.123 e. The summed E-state index contributed by atoms with van der Waals surface area (Å²) < 4.78 is 5.08. The molecule has 1 aromatic carbocycles. The van der Waals surface area contributed by atoms with Crippen molar-refractivity contribution in [1.29, 1.82) is 0 Å². The predicted octanol–water partition coefficient (Wildman–Crippen LogP) is 3.71. The lowest BCUT2D eigenvalue weighted by Crippen LogP contribution is -2.41. The highest BCUT2D eigenvalue weighted by atomic mass is 16.5. The highest BCUT2D eigenvalue weighted by Gasteiger charge is 2.24. The van der Waals surface area contributed by atoms with Gasteiger partial charge in [-0.2, -0.15) is 0 Å². The molecule has 0 spiro atoms. The van der Waals surface area contributed by atoms with Gasteiger partial charge in [0, 0.05) is 23.7 Å². The van der Waals surface area contributed by atoms with E-state index in [4.69, 9.17) is 4.74 Å². The molecular weight excluding hydrogens is 238 g/mol.